The van der Waals surface area contributed by atoms with E-state index in [2.05, 4.69) is 32.0 Å². The summed E-state index contributed by atoms with van der Waals surface area (Å²) < 4.78 is 33.2. The topological polar surface area (TPSA) is 72.5 Å². The minimum atomic E-state index is -3.78. The molecule has 0 aromatic heterocycles. The average molecular weight is 431 g/mol. The van der Waals surface area contributed by atoms with Crippen LogP contribution >= 0.6 is 22.6 Å². The summed E-state index contributed by atoms with van der Waals surface area (Å²) >= 11 is 2.14. The molecule has 2 rings (SSSR count). The Balaban J connectivity index is 2.41. The van der Waals surface area contributed by atoms with Crippen LogP contribution in [-0.4, -0.2) is 21.5 Å². The first kappa shape index (κ1) is 16.8. The van der Waals surface area contributed by atoms with E-state index in [4.69, 9.17) is 0 Å². The van der Waals surface area contributed by atoms with E-state index in [1.807, 2.05) is 0 Å². The van der Waals surface area contributed by atoms with Crippen LogP contribution in [0.4, 0.5) is 5.69 Å². The zero-order valence-electron chi connectivity index (χ0n) is 12.0. The highest BCUT2D eigenvalue weighted by atomic mass is 127. The molecule has 0 heterocycles. The first-order valence-electron chi connectivity index (χ1n) is 6.31. The van der Waals surface area contributed by atoms with Crippen LogP contribution in [0.15, 0.2) is 47.4 Å². The van der Waals surface area contributed by atoms with Crippen LogP contribution in [0.5, 0.6) is 0 Å². The van der Waals surface area contributed by atoms with Gasteiger partial charge in [-0.25, -0.2) is 13.2 Å². The van der Waals surface area contributed by atoms with Crippen molar-refractivity contribution >= 4 is 44.3 Å². The van der Waals surface area contributed by atoms with Gasteiger partial charge < -0.3 is 4.74 Å². The zero-order valence-corrected chi connectivity index (χ0v) is 14.9. The number of hydrogen-bond donors (Lipinski definition) is 1. The van der Waals surface area contributed by atoms with Gasteiger partial charge in [0, 0.05) is 9.26 Å². The van der Waals surface area contributed by atoms with Gasteiger partial charge in [-0.3, -0.25) is 4.72 Å². The molecule has 0 radical (unpaired) electrons. The van der Waals surface area contributed by atoms with Crippen molar-refractivity contribution in [2.45, 2.75) is 11.8 Å². The molecule has 0 aliphatic rings. The molecule has 5 nitrogen and oxygen atoms in total. The predicted octanol–water partition coefficient (Wildman–Crippen LogP) is 3.19. The second kappa shape index (κ2) is 6.66. The van der Waals surface area contributed by atoms with Crippen molar-refractivity contribution in [3.63, 3.8) is 0 Å². The van der Waals surface area contributed by atoms with Gasteiger partial charge in [-0.05, 0) is 71.5 Å². The van der Waals surface area contributed by atoms with Crippen molar-refractivity contribution in [3.05, 3.63) is 57.2 Å². The number of esters is 1. The number of carbonyl (C=O) groups is 1. The van der Waals surface area contributed by atoms with E-state index in [0.717, 1.165) is 3.57 Å². The Morgan fingerprint density at radius 1 is 1.14 bits per heavy atom. The smallest absolute Gasteiger partial charge is 0.338 e. The number of anilines is 1. The van der Waals surface area contributed by atoms with Crippen molar-refractivity contribution in [1.29, 1.82) is 0 Å². The molecule has 0 saturated heterocycles. The first-order valence-corrected chi connectivity index (χ1v) is 8.87. The van der Waals surface area contributed by atoms with Crippen molar-refractivity contribution in [1.82, 2.24) is 0 Å². The first-order chi connectivity index (χ1) is 10.3. The molecule has 0 aliphatic carbocycles. The summed E-state index contributed by atoms with van der Waals surface area (Å²) in [6.07, 6.45) is 0. The fraction of sp³-hybridized carbons (Fsp3) is 0.133. The third-order valence-corrected chi connectivity index (χ3v) is 5.32. The van der Waals surface area contributed by atoms with Crippen LogP contribution in [0.1, 0.15) is 15.9 Å². The molecule has 22 heavy (non-hydrogen) atoms. The highest BCUT2D eigenvalue weighted by Gasteiger charge is 2.21. The minimum Gasteiger partial charge on any atom is -0.465 e. The Morgan fingerprint density at radius 3 is 2.36 bits per heavy atom. The highest BCUT2D eigenvalue weighted by molar-refractivity contribution is 14.1. The number of ether oxygens (including phenoxy) is 1. The van der Waals surface area contributed by atoms with Gasteiger partial charge in [0.05, 0.1) is 17.6 Å². The van der Waals surface area contributed by atoms with Crippen molar-refractivity contribution in [2.75, 3.05) is 11.8 Å². The summed E-state index contributed by atoms with van der Waals surface area (Å²) in [6.45, 7) is 1.58. The van der Waals surface area contributed by atoms with E-state index in [1.54, 1.807) is 31.2 Å². The number of nitrogens with one attached hydrogen (secondary N) is 1. The predicted molar refractivity (Wildman–Crippen MR) is 92.5 cm³/mol. The molecule has 2 aromatic rings. The van der Waals surface area contributed by atoms with Gasteiger partial charge in [-0.1, -0.05) is 6.07 Å². The molecule has 0 amide bonds. The second-order valence-electron chi connectivity index (χ2n) is 4.53. The Hall–Kier alpha value is -1.61. The molecule has 0 atom stereocenters. The van der Waals surface area contributed by atoms with Crippen LogP contribution < -0.4 is 4.72 Å². The number of methoxy groups -OCH3 is 1. The largest absolute Gasteiger partial charge is 0.465 e. The zero-order chi connectivity index (χ0) is 16.3. The summed E-state index contributed by atoms with van der Waals surface area (Å²) in [6, 6.07) is 11.5. The van der Waals surface area contributed by atoms with E-state index in [1.165, 1.54) is 25.3 Å². The van der Waals surface area contributed by atoms with Crippen LogP contribution in [0.25, 0.3) is 0 Å². The van der Waals surface area contributed by atoms with Crippen molar-refractivity contribution in [2.24, 2.45) is 0 Å². The fourth-order valence-electron chi connectivity index (χ4n) is 1.96. The quantitative estimate of drug-likeness (QED) is 0.597. The van der Waals surface area contributed by atoms with Crippen molar-refractivity contribution < 1.29 is 17.9 Å². The molecule has 0 unspecified atom stereocenters. The molecule has 0 spiro atoms. The third kappa shape index (κ3) is 3.58. The molecular formula is C15H14INO4S. The molecule has 0 fully saturated rings. The number of carbonyl (C=O) groups excluding carboxylic acids is 1. The van der Waals surface area contributed by atoms with Gasteiger partial charge in [0.15, 0.2) is 0 Å². The summed E-state index contributed by atoms with van der Waals surface area (Å²) in [4.78, 5) is 11.7. The van der Waals surface area contributed by atoms with Gasteiger partial charge in [0.2, 0.25) is 0 Å². The lowest BCUT2D eigenvalue weighted by molar-refractivity contribution is 0.0599. The Kier molecular flexibility index (Phi) is 5.07. The lowest BCUT2D eigenvalue weighted by Crippen LogP contribution is -2.16. The molecular weight excluding hydrogens is 417 g/mol. The Labute approximate surface area is 142 Å². The SMILES string of the molecule is COC(=O)c1cccc(S(=O)(=O)Nc2ccc(I)cc2)c1C. The molecule has 0 saturated carbocycles. The average Bonchev–Trinajstić information content (AvgIpc) is 2.48. The normalized spacial score (nSPS) is 11.0. The van der Waals surface area contributed by atoms with E-state index in [9.17, 15) is 13.2 Å². The maximum Gasteiger partial charge on any atom is 0.338 e. The Bertz CT molecular complexity index is 801. The summed E-state index contributed by atoms with van der Waals surface area (Å²) in [7, 11) is -2.52. The van der Waals surface area contributed by atoms with Gasteiger partial charge in [0.25, 0.3) is 10.0 Å². The third-order valence-electron chi connectivity index (χ3n) is 3.08. The molecule has 116 valence electrons. The van der Waals surface area contributed by atoms with Crippen molar-refractivity contribution in [3.8, 4) is 0 Å². The lowest BCUT2D eigenvalue weighted by atomic mass is 10.1. The fourth-order valence-corrected chi connectivity index (χ4v) is 3.65. The molecule has 0 bridgehead atoms. The number of halogens is 1. The molecule has 0 aliphatic heterocycles. The molecule has 2 aromatic carbocycles. The molecule has 1 N–H and O–H groups in total. The van der Waals surface area contributed by atoms with E-state index in [-0.39, 0.29) is 10.5 Å². The second-order valence-corrected chi connectivity index (χ2v) is 7.43. The van der Waals surface area contributed by atoms with Gasteiger partial charge >= 0.3 is 5.97 Å². The van der Waals surface area contributed by atoms with Crippen LogP contribution in [0, 0.1) is 10.5 Å². The number of rotatable bonds is 4. The minimum absolute atomic E-state index is 0.0500. The van der Waals surface area contributed by atoms with Gasteiger partial charge in [-0.15, -0.1) is 0 Å². The van der Waals surface area contributed by atoms with Crippen LogP contribution in [-0.2, 0) is 14.8 Å². The monoisotopic (exact) mass is 431 g/mol. The van der Waals surface area contributed by atoms with E-state index >= 15 is 0 Å². The van der Waals surface area contributed by atoms with Gasteiger partial charge in [-0.2, -0.15) is 0 Å². The highest BCUT2D eigenvalue weighted by Crippen LogP contribution is 2.23. The lowest BCUT2D eigenvalue weighted by Gasteiger charge is -2.12. The van der Waals surface area contributed by atoms with Crippen LogP contribution in [0.2, 0.25) is 0 Å². The number of hydrogen-bond acceptors (Lipinski definition) is 4. The maximum atomic E-state index is 12.5. The number of benzene rings is 2. The van der Waals surface area contributed by atoms with E-state index in [0.29, 0.717) is 11.3 Å². The number of sulfonamides is 1. The summed E-state index contributed by atoms with van der Waals surface area (Å²) in [5, 5.41) is 0. The molecule has 7 heteroatoms. The maximum absolute atomic E-state index is 12.5. The van der Waals surface area contributed by atoms with Crippen LogP contribution in [0.3, 0.4) is 0 Å². The summed E-state index contributed by atoms with van der Waals surface area (Å²) in [5.74, 6) is -0.566. The van der Waals surface area contributed by atoms with E-state index < -0.39 is 16.0 Å². The standard InChI is InChI=1S/C15H14INO4S/c1-10-13(15(18)21-2)4-3-5-14(10)22(19,20)17-12-8-6-11(16)7-9-12/h3-9,17H,1-2H3. The summed E-state index contributed by atoms with van der Waals surface area (Å²) in [5.41, 5.74) is 1.05. The Morgan fingerprint density at radius 2 is 1.77 bits per heavy atom. The van der Waals surface area contributed by atoms with Gasteiger partial charge in [0.1, 0.15) is 0 Å².